The van der Waals surface area contributed by atoms with Crippen molar-refractivity contribution in [1.29, 1.82) is 0 Å². The summed E-state index contributed by atoms with van der Waals surface area (Å²) < 4.78 is 1.85. The molecule has 27 heavy (non-hydrogen) atoms. The van der Waals surface area contributed by atoms with Crippen molar-refractivity contribution in [3.63, 3.8) is 0 Å². The number of halogens is 1. The molecule has 9 heteroatoms. The van der Waals surface area contributed by atoms with Crippen LogP contribution in [0.1, 0.15) is 10.4 Å². The molecule has 4 rings (SSSR count). The number of hydrogen-bond acceptors (Lipinski definition) is 6. The van der Waals surface area contributed by atoms with E-state index in [-0.39, 0.29) is 11.7 Å². The summed E-state index contributed by atoms with van der Waals surface area (Å²) in [6.07, 6.45) is 4.33. The SMILES string of the molecule is O=C(CSc1nnc2ccccn12)Nc1ncc(Cc2ccccc2Cl)s1. The summed E-state index contributed by atoms with van der Waals surface area (Å²) >= 11 is 8.97. The van der Waals surface area contributed by atoms with Crippen LogP contribution >= 0.6 is 34.7 Å². The first-order chi connectivity index (χ1) is 13.2. The maximum Gasteiger partial charge on any atom is 0.236 e. The number of hydrogen-bond donors (Lipinski definition) is 1. The summed E-state index contributed by atoms with van der Waals surface area (Å²) in [7, 11) is 0. The van der Waals surface area contributed by atoms with Gasteiger partial charge in [0.05, 0.1) is 5.75 Å². The third kappa shape index (κ3) is 4.29. The van der Waals surface area contributed by atoms with Crippen LogP contribution in [-0.4, -0.2) is 31.2 Å². The van der Waals surface area contributed by atoms with Crippen molar-refractivity contribution < 1.29 is 4.79 Å². The normalized spacial score (nSPS) is 11.0. The van der Waals surface area contributed by atoms with Crippen LogP contribution < -0.4 is 5.32 Å². The highest BCUT2D eigenvalue weighted by molar-refractivity contribution is 7.99. The molecule has 136 valence electrons. The number of rotatable bonds is 6. The maximum atomic E-state index is 12.2. The maximum absolute atomic E-state index is 12.2. The summed E-state index contributed by atoms with van der Waals surface area (Å²) in [6, 6.07) is 13.4. The van der Waals surface area contributed by atoms with Crippen LogP contribution in [-0.2, 0) is 11.2 Å². The highest BCUT2D eigenvalue weighted by Gasteiger charge is 2.11. The minimum Gasteiger partial charge on any atom is -0.301 e. The van der Waals surface area contributed by atoms with Crippen molar-refractivity contribution in [2.45, 2.75) is 11.6 Å². The van der Waals surface area contributed by atoms with Crippen molar-refractivity contribution >= 4 is 51.4 Å². The van der Waals surface area contributed by atoms with Crippen LogP contribution in [0, 0.1) is 0 Å². The zero-order chi connectivity index (χ0) is 18.6. The number of carbonyl (C=O) groups is 1. The van der Waals surface area contributed by atoms with E-state index >= 15 is 0 Å². The molecule has 1 aromatic carbocycles. The molecule has 3 heterocycles. The number of anilines is 1. The first-order valence-electron chi connectivity index (χ1n) is 8.09. The lowest BCUT2D eigenvalue weighted by Gasteiger charge is -2.02. The molecule has 1 amide bonds. The molecule has 0 saturated carbocycles. The third-order valence-corrected chi connectivity index (χ3v) is 5.96. The molecule has 0 saturated heterocycles. The Morgan fingerprint density at radius 2 is 2.04 bits per heavy atom. The second-order valence-electron chi connectivity index (χ2n) is 5.65. The molecule has 0 aliphatic carbocycles. The molecule has 3 aromatic heterocycles. The number of aromatic nitrogens is 4. The van der Waals surface area contributed by atoms with E-state index < -0.39 is 0 Å². The quantitative estimate of drug-likeness (QED) is 0.479. The number of amides is 1. The number of fused-ring (bicyclic) bond motifs is 1. The molecule has 6 nitrogen and oxygen atoms in total. The zero-order valence-electron chi connectivity index (χ0n) is 14.0. The number of nitrogens with one attached hydrogen (secondary N) is 1. The van der Waals surface area contributed by atoms with E-state index in [1.807, 2.05) is 53.1 Å². The Balaban J connectivity index is 1.35. The van der Waals surface area contributed by atoms with Crippen LogP contribution in [0.4, 0.5) is 5.13 Å². The molecule has 0 spiro atoms. The Labute approximate surface area is 168 Å². The molecule has 0 aliphatic heterocycles. The fraction of sp³-hybridized carbons (Fsp3) is 0.111. The average molecular weight is 416 g/mol. The van der Waals surface area contributed by atoms with Crippen LogP contribution in [0.2, 0.25) is 5.02 Å². The van der Waals surface area contributed by atoms with Crippen molar-refractivity contribution in [1.82, 2.24) is 19.6 Å². The van der Waals surface area contributed by atoms with Crippen molar-refractivity contribution in [3.8, 4) is 0 Å². The molecule has 0 unspecified atom stereocenters. The fourth-order valence-corrected chi connectivity index (χ4v) is 4.26. The molecule has 0 bridgehead atoms. The van der Waals surface area contributed by atoms with Crippen LogP contribution in [0.25, 0.3) is 5.65 Å². The van der Waals surface area contributed by atoms with Gasteiger partial charge in [-0.2, -0.15) is 0 Å². The average Bonchev–Trinajstić information content (AvgIpc) is 3.29. The number of thioether (sulfide) groups is 1. The number of pyridine rings is 1. The topological polar surface area (TPSA) is 72.2 Å². The van der Waals surface area contributed by atoms with E-state index in [4.69, 9.17) is 11.6 Å². The Kier molecular flexibility index (Phi) is 5.38. The number of nitrogens with zero attached hydrogens (tertiary/aromatic N) is 4. The van der Waals surface area contributed by atoms with Gasteiger partial charge in [-0.05, 0) is 23.8 Å². The molecule has 0 atom stereocenters. The predicted octanol–water partition coefficient (Wildman–Crippen LogP) is 4.16. The Hall–Kier alpha value is -2.42. The van der Waals surface area contributed by atoms with E-state index in [0.717, 1.165) is 21.1 Å². The monoisotopic (exact) mass is 415 g/mol. The molecule has 0 aliphatic rings. The first kappa shape index (κ1) is 18.0. The van der Waals surface area contributed by atoms with Gasteiger partial charge >= 0.3 is 0 Å². The summed E-state index contributed by atoms with van der Waals surface area (Å²) in [5.41, 5.74) is 1.79. The number of carbonyl (C=O) groups excluding carboxylic acids is 1. The summed E-state index contributed by atoms with van der Waals surface area (Å²) in [4.78, 5) is 17.5. The third-order valence-electron chi connectivity index (χ3n) is 3.74. The highest BCUT2D eigenvalue weighted by atomic mass is 35.5. The van der Waals surface area contributed by atoms with Gasteiger partial charge in [-0.3, -0.25) is 9.20 Å². The van der Waals surface area contributed by atoms with Gasteiger partial charge in [-0.25, -0.2) is 4.98 Å². The summed E-state index contributed by atoms with van der Waals surface area (Å²) in [6.45, 7) is 0. The molecule has 0 fully saturated rings. The lowest BCUT2D eigenvalue weighted by atomic mass is 10.1. The van der Waals surface area contributed by atoms with Gasteiger partial charge in [0, 0.05) is 28.7 Å². The second-order valence-corrected chi connectivity index (χ2v) is 8.11. The first-order valence-corrected chi connectivity index (χ1v) is 10.3. The second kappa shape index (κ2) is 8.08. The van der Waals surface area contributed by atoms with Gasteiger partial charge < -0.3 is 5.32 Å². The molecular weight excluding hydrogens is 402 g/mol. The molecular formula is C18H14ClN5OS2. The lowest BCUT2D eigenvalue weighted by Crippen LogP contribution is -2.14. The van der Waals surface area contributed by atoms with Gasteiger partial charge in [0.1, 0.15) is 0 Å². The van der Waals surface area contributed by atoms with Gasteiger partial charge in [-0.15, -0.1) is 21.5 Å². The van der Waals surface area contributed by atoms with Crippen molar-refractivity contribution in [2.24, 2.45) is 0 Å². The van der Waals surface area contributed by atoms with Gasteiger partial charge in [0.2, 0.25) is 5.91 Å². The zero-order valence-corrected chi connectivity index (χ0v) is 16.4. The van der Waals surface area contributed by atoms with E-state index in [1.54, 1.807) is 6.20 Å². The Bertz CT molecular complexity index is 1090. The van der Waals surface area contributed by atoms with Gasteiger partial charge in [0.15, 0.2) is 15.9 Å². The predicted molar refractivity (Wildman–Crippen MR) is 109 cm³/mol. The van der Waals surface area contributed by atoms with E-state index in [2.05, 4.69) is 20.5 Å². The molecule has 0 radical (unpaired) electrons. The van der Waals surface area contributed by atoms with E-state index in [1.165, 1.54) is 23.1 Å². The Morgan fingerprint density at radius 3 is 2.93 bits per heavy atom. The Morgan fingerprint density at radius 1 is 1.19 bits per heavy atom. The standard InChI is InChI=1S/C18H14ClN5OS2/c19-14-6-2-1-5-12(14)9-13-10-20-17(27-13)21-16(25)11-26-18-23-22-15-7-3-4-8-24(15)18/h1-8,10H,9,11H2,(H,20,21,25). The van der Waals surface area contributed by atoms with Gasteiger partial charge in [-0.1, -0.05) is 47.6 Å². The van der Waals surface area contributed by atoms with Gasteiger partial charge in [0.25, 0.3) is 0 Å². The minimum atomic E-state index is -0.133. The number of thiazole rings is 1. The van der Waals surface area contributed by atoms with Crippen molar-refractivity contribution in [3.05, 3.63) is 70.3 Å². The molecule has 1 N–H and O–H groups in total. The minimum absolute atomic E-state index is 0.133. The summed E-state index contributed by atoms with van der Waals surface area (Å²) in [5.74, 6) is 0.0982. The highest BCUT2D eigenvalue weighted by Crippen LogP contribution is 2.25. The fourth-order valence-electron chi connectivity index (χ4n) is 2.48. The number of benzene rings is 1. The van der Waals surface area contributed by atoms with E-state index in [0.29, 0.717) is 16.7 Å². The van der Waals surface area contributed by atoms with E-state index in [9.17, 15) is 4.79 Å². The van der Waals surface area contributed by atoms with Crippen LogP contribution in [0.15, 0.2) is 60.0 Å². The largest absolute Gasteiger partial charge is 0.301 e. The summed E-state index contributed by atoms with van der Waals surface area (Å²) in [5, 5.41) is 13.0. The van der Waals surface area contributed by atoms with Crippen molar-refractivity contribution in [2.75, 3.05) is 11.1 Å². The van der Waals surface area contributed by atoms with Crippen LogP contribution in [0.5, 0.6) is 0 Å². The smallest absolute Gasteiger partial charge is 0.236 e. The lowest BCUT2D eigenvalue weighted by molar-refractivity contribution is -0.113. The van der Waals surface area contributed by atoms with Crippen LogP contribution in [0.3, 0.4) is 0 Å². The molecule has 4 aromatic rings.